The highest BCUT2D eigenvalue weighted by Gasteiger charge is 2.15. The van der Waals surface area contributed by atoms with E-state index in [1.807, 2.05) is 0 Å². The summed E-state index contributed by atoms with van der Waals surface area (Å²) >= 11 is 11.9. The molecule has 22 heavy (non-hydrogen) atoms. The maximum atomic E-state index is 12.4. The predicted octanol–water partition coefficient (Wildman–Crippen LogP) is 3.48. The first-order valence-electron chi connectivity index (χ1n) is 6.30. The van der Waals surface area contributed by atoms with Gasteiger partial charge in [0.25, 0.3) is 11.5 Å². The van der Waals surface area contributed by atoms with Crippen LogP contribution in [0.15, 0.2) is 47.3 Å². The van der Waals surface area contributed by atoms with Crippen molar-refractivity contribution in [1.29, 1.82) is 0 Å². The summed E-state index contributed by atoms with van der Waals surface area (Å²) in [5.41, 5.74) is 0.121. The summed E-state index contributed by atoms with van der Waals surface area (Å²) in [4.78, 5) is 24.1. The Kier molecular flexibility index (Phi) is 3.83. The molecule has 2 N–H and O–H groups in total. The molecule has 0 aliphatic rings. The fourth-order valence-electron chi connectivity index (χ4n) is 2.06. The average molecular weight is 334 g/mol. The Morgan fingerprint density at radius 3 is 2.59 bits per heavy atom. The zero-order chi connectivity index (χ0) is 15.7. The van der Waals surface area contributed by atoms with Crippen LogP contribution < -0.4 is 10.9 Å². The van der Waals surface area contributed by atoms with Crippen molar-refractivity contribution in [2.75, 3.05) is 5.32 Å². The topological polar surface area (TPSA) is 74.8 Å². The van der Waals surface area contributed by atoms with Gasteiger partial charge in [0.05, 0.1) is 16.1 Å². The second kappa shape index (κ2) is 5.79. The number of halogens is 2. The Hall–Kier alpha value is -2.37. The Bertz CT molecular complexity index is 937. The minimum Gasteiger partial charge on any atom is -0.319 e. The summed E-state index contributed by atoms with van der Waals surface area (Å²) in [5.74, 6) is -0.489. The van der Waals surface area contributed by atoms with Crippen molar-refractivity contribution in [2.24, 2.45) is 0 Å². The lowest BCUT2D eigenvalue weighted by molar-refractivity contribution is 0.102. The third-order valence-corrected chi connectivity index (χ3v) is 3.65. The second-order valence-electron chi connectivity index (χ2n) is 4.53. The van der Waals surface area contributed by atoms with Crippen LogP contribution in [-0.2, 0) is 0 Å². The number of carbonyl (C=O) groups is 1. The van der Waals surface area contributed by atoms with Crippen LogP contribution in [0.4, 0.5) is 5.69 Å². The predicted molar refractivity (Wildman–Crippen MR) is 86.8 cm³/mol. The van der Waals surface area contributed by atoms with E-state index in [9.17, 15) is 9.59 Å². The van der Waals surface area contributed by atoms with Gasteiger partial charge < -0.3 is 5.32 Å². The van der Waals surface area contributed by atoms with Gasteiger partial charge >= 0.3 is 0 Å². The number of benzene rings is 2. The SMILES string of the molecule is O=C(Nc1cc(Cl)ccc1Cl)c1n[nH]c(=O)c2ccccc12. The number of carbonyl (C=O) groups excluding carboxylic acids is 1. The molecule has 1 amide bonds. The summed E-state index contributed by atoms with van der Waals surface area (Å²) in [7, 11) is 0. The van der Waals surface area contributed by atoms with E-state index in [1.54, 1.807) is 36.4 Å². The van der Waals surface area contributed by atoms with E-state index in [0.717, 1.165) is 0 Å². The number of aromatic nitrogens is 2. The van der Waals surface area contributed by atoms with Crippen LogP contribution in [-0.4, -0.2) is 16.1 Å². The minimum absolute atomic E-state index is 0.103. The molecule has 3 aromatic rings. The molecule has 0 spiro atoms. The van der Waals surface area contributed by atoms with Gasteiger partial charge in [-0.15, -0.1) is 0 Å². The molecule has 1 aromatic heterocycles. The lowest BCUT2D eigenvalue weighted by Gasteiger charge is -2.08. The molecule has 0 aliphatic heterocycles. The van der Waals surface area contributed by atoms with Gasteiger partial charge in [0.15, 0.2) is 5.69 Å². The van der Waals surface area contributed by atoms with Gasteiger partial charge in [-0.05, 0) is 24.3 Å². The monoisotopic (exact) mass is 333 g/mol. The second-order valence-corrected chi connectivity index (χ2v) is 5.37. The lowest BCUT2D eigenvalue weighted by Crippen LogP contribution is -2.19. The summed E-state index contributed by atoms with van der Waals surface area (Å²) in [5, 5.41) is 10.4. The third kappa shape index (κ3) is 2.68. The van der Waals surface area contributed by atoms with E-state index in [2.05, 4.69) is 15.5 Å². The van der Waals surface area contributed by atoms with Gasteiger partial charge in [-0.2, -0.15) is 5.10 Å². The van der Waals surface area contributed by atoms with E-state index < -0.39 is 5.91 Å². The van der Waals surface area contributed by atoms with Crippen molar-refractivity contribution in [2.45, 2.75) is 0 Å². The van der Waals surface area contributed by atoms with Crippen molar-refractivity contribution in [3.8, 4) is 0 Å². The maximum absolute atomic E-state index is 12.4. The zero-order valence-corrected chi connectivity index (χ0v) is 12.6. The van der Waals surface area contributed by atoms with Crippen molar-refractivity contribution in [3.63, 3.8) is 0 Å². The number of H-pyrrole nitrogens is 1. The van der Waals surface area contributed by atoms with Crippen LogP contribution in [0.25, 0.3) is 10.8 Å². The highest BCUT2D eigenvalue weighted by molar-refractivity contribution is 6.36. The summed E-state index contributed by atoms with van der Waals surface area (Å²) in [6.07, 6.45) is 0. The molecule has 0 saturated heterocycles. The van der Waals surface area contributed by atoms with Crippen molar-refractivity contribution in [3.05, 3.63) is 68.6 Å². The lowest BCUT2D eigenvalue weighted by atomic mass is 10.1. The number of anilines is 1. The quantitative estimate of drug-likeness (QED) is 0.753. The number of hydrogen-bond donors (Lipinski definition) is 2. The zero-order valence-electron chi connectivity index (χ0n) is 11.1. The van der Waals surface area contributed by atoms with Crippen LogP contribution in [0.2, 0.25) is 10.0 Å². The molecular formula is C15H9Cl2N3O2. The molecule has 7 heteroatoms. The molecule has 1 heterocycles. The summed E-state index contributed by atoms with van der Waals surface area (Å²) < 4.78 is 0. The Labute approximate surface area is 134 Å². The Morgan fingerprint density at radius 1 is 1.09 bits per heavy atom. The fourth-order valence-corrected chi connectivity index (χ4v) is 2.40. The number of fused-ring (bicyclic) bond motifs is 1. The molecular weight excluding hydrogens is 325 g/mol. The molecule has 0 unspecified atom stereocenters. The molecule has 110 valence electrons. The minimum atomic E-state index is -0.489. The van der Waals surface area contributed by atoms with Gasteiger partial charge in [-0.1, -0.05) is 41.4 Å². The molecule has 0 aliphatic carbocycles. The van der Waals surface area contributed by atoms with Gasteiger partial charge in [0.2, 0.25) is 0 Å². The highest BCUT2D eigenvalue weighted by atomic mass is 35.5. The normalized spacial score (nSPS) is 10.6. The van der Waals surface area contributed by atoms with Crippen LogP contribution in [0.1, 0.15) is 10.5 Å². The van der Waals surface area contributed by atoms with Crippen LogP contribution in [0.5, 0.6) is 0 Å². The van der Waals surface area contributed by atoms with E-state index in [0.29, 0.717) is 26.5 Å². The van der Waals surface area contributed by atoms with Gasteiger partial charge in [-0.25, -0.2) is 5.10 Å². The average Bonchev–Trinajstić information content (AvgIpc) is 2.51. The molecule has 3 rings (SSSR count). The third-order valence-electron chi connectivity index (χ3n) is 3.09. The number of nitrogens with zero attached hydrogens (tertiary/aromatic N) is 1. The van der Waals surface area contributed by atoms with E-state index in [1.165, 1.54) is 6.07 Å². The molecule has 0 atom stereocenters. The Morgan fingerprint density at radius 2 is 1.82 bits per heavy atom. The first kappa shape index (κ1) is 14.6. The first-order chi connectivity index (χ1) is 10.6. The van der Waals surface area contributed by atoms with Gasteiger partial charge in [-0.3, -0.25) is 9.59 Å². The summed E-state index contributed by atoms with van der Waals surface area (Å²) in [6.45, 7) is 0. The molecule has 2 aromatic carbocycles. The fraction of sp³-hybridized carbons (Fsp3) is 0. The molecule has 0 fully saturated rings. The Balaban J connectivity index is 2.05. The van der Waals surface area contributed by atoms with Gasteiger partial charge in [0.1, 0.15) is 0 Å². The van der Waals surface area contributed by atoms with E-state index >= 15 is 0 Å². The molecule has 5 nitrogen and oxygen atoms in total. The standard InChI is InChI=1S/C15H9Cl2N3O2/c16-8-5-6-11(17)12(7-8)18-15(22)13-9-3-1-2-4-10(9)14(21)20-19-13/h1-7H,(H,18,22)(H,20,21). The number of nitrogens with one attached hydrogen (secondary N) is 2. The highest BCUT2D eigenvalue weighted by Crippen LogP contribution is 2.26. The molecule has 0 radical (unpaired) electrons. The largest absolute Gasteiger partial charge is 0.319 e. The van der Waals surface area contributed by atoms with Crippen LogP contribution >= 0.6 is 23.2 Å². The number of amides is 1. The number of aromatic amines is 1. The number of hydrogen-bond acceptors (Lipinski definition) is 3. The molecule has 0 saturated carbocycles. The van der Waals surface area contributed by atoms with Crippen LogP contribution in [0.3, 0.4) is 0 Å². The van der Waals surface area contributed by atoms with Crippen molar-refractivity contribution < 1.29 is 4.79 Å². The first-order valence-corrected chi connectivity index (χ1v) is 7.05. The van der Waals surface area contributed by atoms with E-state index in [4.69, 9.17) is 23.2 Å². The maximum Gasteiger partial charge on any atom is 0.276 e. The van der Waals surface area contributed by atoms with Crippen molar-refractivity contribution >= 4 is 45.6 Å². The molecule has 0 bridgehead atoms. The van der Waals surface area contributed by atoms with Gasteiger partial charge in [0, 0.05) is 10.4 Å². The van der Waals surface area contributed by atoms with E-state index in [-0.39, 0.29) is 11.3 Å². The summed E-state index contributed by atoms with van der Waals surface area (Å²) in [6, 6.07) is 11.5. The van der Waals surface area contributed by atoms with Crippen LogP contribution in [0, 0.1) is 0 Å². The van der Waals surface area contributed by atoms with Crippen molar-refractivity contribution in [1.82, 2.24) is 10.2 Å². The number of rotatable bonds is 2. The smallest absolute Gasteiger partial charge is 0.276 e.